The molecule has 0 atom stereocenters. The number of fused-ring (bicyclic) bond motifs is 1. The standard InChI is InChI=1S/C21H22N2O2S/c1-15-9-10-17(13-16(15)2)26(24,25)20-14-22-19-8-4-3-7-18(19)21(20)23-11-5-6-12-23/h3-4,7-10,13-14H,5-6,11-12H2,1-2H3/p+1. The quantitative estimate of drug-likeness (QED) is 0.709. The molecule has 1 fully saturated rings. The Bertz CT molecular complexity index is 1080. The number of nitrogens with zero attached hydrogens (tertiary/aromatic N) is 1. The minimum Gasteiger partial charge on any atom is -0.370 e. The fourth-order valence-corrected chi connectivity index (χ4v) is 5.18. The maximum absolute atomic E-state index is 13.5. The first kappa shape index (κ1) is 17.0. The molecule has 0 aliphatic carbocycles. The summed E-state index contributed by atoms with van der Waals surface area (Å²) in [7, 11) is -3.61. The van der Waals surface area contributed by atoms with E-state index >= 15 is 0 Å². The fourth-order valence-electron chi connectivity index (χ4n) is 3.64. The number of hydrogen-bond acceptors (Lipinski definition) is 3. The molecule has 134 valence electrons. The number of para-hydroxylation sites is 1. The number of H-pyrrole nitrogens is 1. The molecule has 26 heavy (non-hydrogen) atoms. The predicted molar refractivity (Wildman–Crippen MR) is 103 cm³/mol. The molecule has 2 heterocycles. The van der Waals surface area contributed by atoms with Gasteiger partial charge < -0.3 is 4.90 Å². The molecule has 0 radical (unpaired) electrons. The van der Waals surface area contributed by atoms with Gasteiger partial charge in [-0.05, 0) is 56.0 Å². The number of pyridine rings is 1. The molecule has 1 aliphatic rings. The summed E-state index contributed by atoms with van der Waals surface area (Å²) < 4.78 is 26.9. The van der Waals surface area contributed by atoms with Crippen molar-refractivity contribution in [1.29, 1.82) is 0 Å². The summed E-state index contributed by atoms with van der Waals surface area (Å²) in [5, 5.41) is 0.958. The molecular formula is C21H23N2O2S+. The Kier molecular flexibility index (Phi) is 4.19. The molecule has 0 saturated carbocycles. The Morgan fingerprint density at radius 3 is 2.42 bits per heavy atom. The summed E-state index contributed by atoms with van der Waals surface area (Å²) in [6.07, 6.45) is 3.84. The second-order valence-electron chi connectivity index (χ2n) is 6.99. The third-order valence-electron chi connectivity index (χ3n) is 5.27. The zero-order chi connectivity index (χ0) is 18.3. The van der Waals surface area contributed by atoms with Gasteiger partial charge in [0.15, 0.2) is 11.1 Å². The van der Waals surface area contributed by atoms with Crippen molar-refractivity contribution in [3.05, 3.63) is 59.8 Å². The van der Waals surface area contributed by atoms with Gasteiger partial charge in [-0.2, -0.15) is 0 Å². The van der Waals surface area contributed by atoms with E-state index in [9.17, 15) is 8.42 Å². The van der Waals surface area contributed by atoms with E-state index in [1.807, 2.05) is 44.2 Å². The number of aromatic nitrogens is 1. The molecule has 1 aromatic heterocycles. The summed E-state index contributed by atoms with van der Waals surface area (Å²) in [5.41, 5.74) is 3.86. The second kappa shape index (κ2) is 6.40. The molecule has 0 amide bonds. The van der Waals surface area contributed by atoms with Crippen molar-refractivity contribution in [2.24, 2.45) is 0 Å². The van der Waals surface area contributed by atoms with Crippen LogP contribution in [0.15, 0.2) is 58.5 Å². The summed E-state index contributed by atoms with van der Waals surface area (Å²) in [5.74, 6) is 0. The van der Waals surface area contributed by atoms with Crippen LogP contribution in [-0.2, 0) is 9.84 Å². The highest BCUT2D eigenvalue weighted by atomic mass is 32.2. The lowest BCUT2D eigenvalue weighted by molar-refractivity contribution is -0.347. The first-order chi connectivity index (χ1) is 12.5. The number of sulfone groups is 1. The van der Waals surface area contributed by atoms with Crippen molar-refractivity contribution in [3.63, 3.8) is 0 Å². The van der Waals surface area contributed by atoms with Gasteiger partial charge in [-0.3, -0.25) is 0 Å². The number of rotatable bonds is 3. The van der Waals surface area contributed by atoms with E-state index in [2.05, 4.69) is 9.88 Å². The fraction of sp³-hybridized carbons (Fsp3) is 0.286. The summed E-state index contributed by atoms with van der Waals surface area (Å²) >= 11 is 0. The lowest BCUT2D eigenvalue weighted by atomic mass is 10.1. The van der Waals surface area contributed by atoms with E-state index in [0.29, 0.717) is 9.79 Å². The van der Waals surface area contributed by atoms with Gasteiger partial charge in [0.1, 0.15) is 0 Å². The Hall–Kier alpha value is -2.40. The smallest absolute Gasteiger partial charge is 0.214 e. The van der Waals surface area contributed by atoms with Crippen LogP contribution in [-0.4, -0.2) is 21.5 Å². The molecule has 1 saturated heterocycles. The van der Waals surface area contributed by atoms with Gasteiger partial charge in [-0.15, -0.1) is 0 Å². The largest absolute Gasteiger partial charge is 0.370 e. The predicted octanol–water partition coefficient (Wildman–Crippen LogP) is 3.70. The minimum absolute atomic E-state index is 0.352. The van der Waals surface area contributed by atoms with Gasteiger partial charge in [-0.1, -0.05) is 18.2 Å². The van der Waals surface area contributed by atoms with Crippen LogP contribution in [0.3, 0.4) is 0 Å². The summed E-state index contributed by atoms with van der Waals surface area (Å²) in [6, 6.07) is 13.3. The maximum Gasteiger partial charge on any atom is 0.214 e. The van der Waals surface area contributed by atoms with Crippen molar-refractivity contribution >= 4 is 26.4 Å². The van der Waals surface area contributed by atoms with Gasteiger partial charge in [0.25, 0.3) is 0 Å². The number of aromatic amines is 1. The molecule has 4 rings (SSSR count). The molecule has 1 aliphatic heterocycles. The first-order valence-electron chi connectivity index (χ1n) is 8.99. The topological polar surface area (TPSA) is 51.5 Å². The molecule has 5 heteroatoms. The molecule has 0 bridgehead atoms. The Labute approximate surface area is 154 Å². The average Bonchev–Trinajstić information content (AvgIpc) is 3.17. The molecule has 0 unspecified atom stereocenters. The van der Waals surface area contributed by atoms with Crippen molar-refractivity contribution < 1.29 is 13.4 Å². The Balaban J connectivity index is 1.98. The van der Waals surface area contributed by atoms with E-state index in [1.54, 1.807) is 18.3 Å². The molecule has 2 aromatic carbocycles. The van der Waals surface area contributed by atoms with Gasteiger partial charge in [-0.25, -0.2) is 13.4 Å². The van der Waals surface area contributed by atoms with Crippen molar-refractivity contribution in [1.82, 2.24) is 0 Å². The van der Waals surface area contributed by atoms with Gasteiger partial charge >= 0.3 is 0 Å². The zero-order valence-electron chi connectivity index (χ0n) is 15.1. The van der Waals surface area contributed by atoms with E-state index < -0.39 is 9.84 Å². The Morgan fingerprint density at radius 1 is 0.962 bits per heavy atom. The molecule has 4 nitrogen and oxygen atoms in total. The third-order valence-corrected chi connectivity index (χ3v) is 7.04. The maximum atomic E-state index is 13.5. The lowest BCUT2D eigenvalue weighted by Crippen LogP contribution is -2.23. The monoisotopic (exact) mass is 367 g/mol. The van der Waals surface area contributed by atoms with Crippen molar-refractivity contribution in [2.45, 2.75) is 36.5 Å². The minimum atomic E-state index is -3.61. The number of nitrogens with one attached hydrogen (secondary N) is 1. The summed E-state index contributed by atoms with van der Waals surface area (Å²) in [4.78, 5) is 6.11. The molecule has 1 N–H and O–H groups in total. The molecule has 3 aromatic rings. The Morgan fingerprint density at radius 2 is 1.69 bits per heavy atom. The van der Waals surface area contributed by atoms with Gasteiger partial charge in [0.05, 0.1) is 16.0 Å². The van der Waals surface area contributed by atoms with Crippen LogP contribution in [0.5, 0.6) is 0 Å². The van der Waals surface area contributed by atoms with Crippen LogP contribution in [0.4, 0.5) is 5.69 Å². The highest BCUT2D eigenvalue weighted by Gasteiger charge is 2.30. The number of anilines is 1. The van der Waals surface area contributed by atoms with Crippen molar-refractivity contribution in [3.8, 4) is 0 Å². The number of aryl methyl sites for hydroxylation is 2. The molecule has 0 spiro atoms. The van der Waals surface area contributed by atoms with Gasteiger partial charge in [0.2, 0.25) is 15.4 Å². The van der Waals surface area contributed by atoms with Gasteiger partial charge in [0, 0.05) is 19.2 Å². The van der Waals surface area contributed by atoms with E-state index in [-0.39, 0.29) is 0 Å². The van der Waals surface area contributed by atoms with Crippen molar-refractivity contribution in [2.75, 3.05) is 18.0 Å². The second-order valence-corrected chi connectivity index (χ2v) is 8.91. The highest BCUT2D eigenvalue weighted by Crippen LogP contribution is 2.36. The third kappa shape index (κ3) is 2.76. The van der Waals surface area contributed by atoms with E-state index in [4.69, 9.17) is 0 Å². The van der Waals surface area contributed by atoms with E-state index in [1.165, 1.54) is 0 Å². The number of hydrogen-bond donors (Lipinski definition) is 0. The lowest BCUT2D eigenvalue weighted by Gasteiger charge is -2.21. The van der Waals surface area contributed by atoms with E-state index in [0.717, 1.165) is 53.6 Å². The first-order valence-corrected chi connectivity index (χ1v) is 10.5. The summed E-state index contributed by atoms with van der Waals surface area (Å²) in [6.45, 7) is 5.72. The van der Waals surface area contributed by atoms with Crippen LogP contribution < -0.4 is 9.88 Å². The SMILES string of the molecule is Cc1ccc(S(=O)(=O)c2c[nH+]c3ccccc3c2N2CCCC2)cc1C. The van der Waals surface area contributed by atoms with Crippen LogP contribution in [0.2, 0.25) is 0 Å². The van der Waals surface area contributed by atoms with Crippen LogP contribution in [0.1, 0.15) is 24.0 Å². The highest BCUT2D eigenvalue weighted by molar-refractivity contribution is 7.91. The number of benzene rings is 2. The zero-order valence-corrected chi connectivity index (χ0v) is 15.9. The normalized spacial score (nSPS) is 14.9. The molecular weight excluding hydrogens is 344 g/mol. The van der Waals surface area contributed by atoms with Crippen LogP contribution in [0, 0.1) is 13.8 Å². The van der Waals surface area contributed by atoms with Crippen LogP contribution in [0.25, 0.3) is 10.9 Å². The van der Waals surface area contributed by atoms with Crippen LogP contribution >= 0.6 is 0 Å². The average molecular weight is 367 g/mol.